The fourth-order valence-electron chi connectivity index (χ4n) is 0.929. The Morgan fingerprint density at radius 3 is 3.00 bits per heavy atom. The number of nitrogens with zero attached hydrogens (tertiary/aromatic N) is 3. The van der Waals surface area contributed by atoms with Gasteiger partial charge in [0.2, 0.25) is 12.1 Å². The Morgan fingerprint density at radius 1 is 1.50 bits per heavy atom. The molecule has 0 aliphatic carbocycles. The molecule has 0 saturated heterocycles. The maximum absolute atomic E-state index is 10.3. The summed E-state index contributed by atoms with van der Waals surface area (Å²) in [4.78, 5) is 18.0. The van der Waals surface area contributed by atoms with Crippen LogP contribution in [0.25, 0.3) is 11.5 Å². The predicted molar refractivity (Wildman–Crippen MR) is 47.9 cm³/mol. The molecule has 2 aromatic heterocycles. The average Bonchev–Trinajstić information content (AvgIpc) is 2.67. The largest absolute Gasteiger partial charge is 0.331 e. The number of carbonyl (C=O) groups is 1. The van der Waals surface area contributed by atoms with Gasteiger partial charge in [0.25, 0.3) is 5.89 Å². The van der Waals surface area contributed by atoms with Crippen LogP contribution in [0.1, 0.15) is 10.7 Å². The predicted octanol–water partition coefficient (Wildman–Crippen LogP) is 1.60. The minimum Gasteiger partial charge on any atom is -0.331 e. The van der Waals surface area contributed by atoms with Gasteiger partial charge in [-0.25, -0.2) is 0 Å². The molecule has 0 aliphatic rings. The van der Waals surface area contributed by atoms with Crippen LogP contribution in [0.15, 0.2) is 22.9 Å². The maximum atomic E-state index is 10.3. The Balaban J connectivity index is 2.49. The highest BCUT2D eigenvalue weighted by Gasteiger charge is 2.11. The SMILES string of the molecule is O=Cc1nc(-c2ncccc2Cl)no1. The summed E-state index contributed by atoms with van der Waals surface area (Å²) >= 11 is 5.84. The summed E-state index contributed by atoms with van der Waals surface area (Å²) in [6, 6.07) is 3.34. The van der Waals surface area contributed by atoms with E-state index in [1.807, 2.05) is 0 Å². The van der Waals surface area contributed by atoms with Crippen molar-refractivity contribution >= 4 is 17.9 Å². The molecule has 5 nitrogen and oxygen atoms in total. The Labute approximate surface area is 83.7 Å². The highest BCUT2D eigenvalue weighted by atomic mass is 35.5. The number of aldehydes is 1. The lowest BCUT2D eigenvalue weighted by molar-refractivity contribution is 0.108. The lowest BCUT2D eigenvalue weighted by atomic mass is 10.3. The van der Waals surface area contributed by atoms with Gasteiger partial charge in [0.1, 0.15) is 5.69 Å². The Hall–Kier alpha value is -1.75. The van der Waals surface area contributed by atoms with Crippen LogP contribution in [0, 0.1) is 0 Å². The highest BCUT2D eigenvalue weighted by molar-refractivity contribution is 6.32. The molecular weight excluding hydrogens is 206 g/mol. The summed E-state index contributed by atoms with van der Waals surface area (Å²) in [6.45, 7) is 0. The van der Waals surface area contributed by atoms with Crippen LogP contribution in [0.2, 0.25) is 5.02 Å². The van der Waals surface area contributed by atoms with Crippen molar-refractivity contribution in [1.29, 1.82) is 0 Å². The molecule has 6 heteroatoms. The van der Waals surface area contributed by atoms with E-state index in [2.05, 4.69) is 19.6 Å². The lowest BCUT2D eigenvalue weighted by Gasteiger charge is -1.94. The first kappa shape index (κ1) is 8.83. The number of hydrogen-bond acceptors (Lipinski definition) is 5. The summed E-state index contributed by atoms with van der Waals surface area (Å²) in [6.07, 6.45) is 2.02. The summed E-state index contributed by atoms with van der Waals surface area (Å²) in [5.41, 5.74) is 0.394. The standard InChI is InChI=1S/C8H4ClN3O2/c9-5-2-1-3-10-7(5)8-11-6(4-13)14-12-8/h1-4H. The topological polar surface area (TPSA) is 68.9 Å². The molecule has 14 heavy (non-hydrogen) atoms. The second-order valence-corrected chi connectivity index (χ2v) is 2.82. The van der Waals surface area contributed by atoms with Crippen LogP contribution in [0.3, 0.4) is 0 Å². The molecular formula is C8H4ClN3O2. The normalized spacial score (nSPS) is 10.1. The lowest BCUT2D eigenvalue weighted by Crippen LogP contribution is -1.86. The number of pyridine rings is 1. The maximum Gasteiger partial charge on any atom is 0.291 e. The number of aromatic nitrogens is 3. The Kier molecular flexibility index (Phi) is 2.24. The zero-order chi connectivity index (χ0) is 9.97. The number of carbonyl (C=O) groups excluding carboxylic acids is 1. The molecule has 0 atom stereocenters. The monoisotopic (exact) mass is 209 g/mol. The van der Waals surface area contributed by atoms with Crippen LogP contribution in [0.5, 0.6) is 0 Å². The molecule has 0 radical (unpaired) electrons. The molecule has 0 spiro atoms. The van der Waals surface area contributed by atoms with Crippen LogP contribution in [0.4, 0.5) is 0 Å². The first-order valence-electron chi connectivity index (χ1n) is 3.71. The van der Waals surface area contributed by atoms with Crippen LogP contribution in [-0.2, 0) is 0 Å². The van der Waals surface area contributed by atoms with E-state index in [-0.39, 0.29) is 11.7 Å². The van der Waals surface area contributed by atoms with Crippen molar-refractivity contribution in [2.45, 2.75) is 0 Å². The van der Waals surface area contributed by atoms with Crippen molar-refractivity contribution in [2.75, 3.05) is 0 Å². The van der Waals surface area contributed by atoms with E-state index >= 15 is 0 Å². The fraction of sp³-hybridized carbons (Fsp3) is 0. The van der Waals surface area contributed by atoms with Crippen molar-refractivity contribution in [3.05, 3.63) is 29.2 Å². The van der Waals surface area contributed by atoms with E-state index in [1.54, 1.807) is 18.3 Å². The molecule has 0 saturated carbocycles. The summed E-state index contributed by atoms with van der Waals surface area (Å²) in [5.74, 6) is 0.111. The van der Waals surface area contributed by atoms with Crippen LogP contribution >= 0.6 is 11.6 Å². The Bertz CT molecular complexity index is 469. The van der Waals surface area contributed by atoms with Gasteiger partial charge in [-0.2, -0.15) is 4.98 Å². The second kappa shape index (κ2) is 3.55. The van der Waals surface area contributed by atoms with Gasteiger partial charge in [0.05, 0.1) is 5.02 Å². The average molecular weight is 210 g/mol. The molecule has 0 amide bonds. The van der Waals surface area contributed by atoms with Gasteiger partial charge < -0.3 is 4.52 Å². The van der Waals surface area contributed by atoms with Crippen LogP contribution < -0.4 is 0 Å². The molecule has 2 aromatic rings. The minimum atomic E-state index is -0.0956. The van der Waals surface area contributed by atoms with Crippen molar-refractivity contribution in [2.24, 2.45) is 0 Å². The van der Waals surface area contributed by atoms with Crippen molar-refractivity contribution in [1.82, 2.24) is 15.1 Å². The number of rotatable bonds is 2. The molecule has 0 fully saturated rings. The second-order valence-electron chi connectivity index (χ2n) is 2.41. The van der Waals surface area contributed by atoms with E-state index in [0.717, 1.165) is 0 Å². The Morgan fingerprint density at radius 2 is 2.36 bits per heavy atom. The molecule has 0 aliphatic heterocycles. The molecule has 70 valence electrons. The van der Waals surface area contributed by atoms with Gasteiger partial charge in [-0.05, 0) is 12.1 Å². The van der Waals surface area contributed by atoms with Gasteiger partial charge in [-0.15, -0.1) is 0 Å². The van der Waals surface area contributed by atoms with Crippen LogP contribution in [-0.4, -0.2) is 21.4 Å². The number of hydrogen-bond donors (Lipinski definition) is 0. The van der Waals surface area contributed by atoms with E-state index < -0.39 is 0 Å². The highest BCUT2D eigenvalue weighted by Crippen LogP contribution is 2.21. The summed E-state index contributed by atoms with van der Waals surface area (Å²) in [5, 5.41) is 3.96. The van der Waals surface area contributed by atoms with Gasteiger partial charge in [0, 0.05) is 6.20 Å². The van der Waals surface area contributed by atoms with E-state index in [0.29, 0.717) is 17.0 Å². The third kappa shape index (κ3) is 1.49. The molecule has 2 heterocycles. The first-order valence-corrected chi connectivity index (χ1v) is 4.09. The van der Waals surface area contributed by atoms with Crippen molar-refractivity contribution in [3.63, 3.8) is 0 Å². The quantitative estimate of drug-likeness (QED) is 0.703. The third-order valence-electron chi connectivity index (χ3n) is 1.51. The minimum absolute atomic E-state index is 0.0956. The smallest absolute Gasteiger partial charge is 0.291 e. The van der Waals surface area contributed by atoms with Gasteiger partial charge in [-0.3, -0.25) is 9.78 Å². The molecule has 0 N–H and O–H groups in total. The third-order valence-corrected chi connectivity index (χ3v) is 1.82. The van der Waals surface area contributed by atoms with E-state index in [4.69, 9.17) is 11.6 Å². The van der Waals surface area contributed by atoms with E-state index in [9.17, 15) is 4.79 Å². The van der Waals surface area contributed by atoms with Crippen molar-refractivity contribution in [3.8, 4) is 11.5 Å². The van der Waals surface area contributed by atoms with Crippen molar-refractivity contribution < 1.29 is 9.32 Å². The van der Waals surface area contributed by atoms with E-state index in [1.165, 1.54) is 0 Å². The number of halogens is 1. The summed E-state index contributed by atoms with van der Waals surface area (Å²) < 4.78 is 4.60. The summed E-state index contributed by atoms with van der Waals surface area (Å²) in [7, 11) is 0. The van der Waals surface area contributed by atoms with Gasteiger partial charge >= 0.3 is 0 Å². The van der Waals surface area contributed by atoms with Gasteiger partial charge in [-0.1, -0.05) is 16.8 Å². The molecule has 2 rings (SSSR count). The molecule has 0 bridgehead atoms. The van der Waals surface area contributed by atoms with Gasteiger partial charge in [0.15, 0.2) is 0 Å². The first-order chi connectivity index (χ1) is 6.81. The zero-order valence-corrected chi connectivity index (χ0v) is 7.60. The fourth-order valence-corrected chi connectivity index (χ4v) is 1.14. The zero-order valence-electron chi connectivity index (χ0n) is 6.85. The molecule has 0 unspecified atom stereocenters. The molecule has 0 aromatic carbocycles.